The van der Waals surface area contributed by atoms with Crippen LogP contribution in [0.4, 0.5) is 0 Å². The molecule has 0 aromatic heterocycles. The van der Waals surface area contributed by atoms with Gasteiger partial charge >= 0.3 is 0 Å². The van der Waals surface area contributed by atoms with E-state index in [1.165, 1.54) is 0 Å². The van der Waals surface area contributed by atoms with Gasteiger partial charge < -0.3 is 29.2 Å². The number of fused-ring (bicyclic) bond motifs is 1. The summed E-state index contributed by atoms with van der Waals surface area (Å²) in [6.45, 7) is 4.24. The number of rotatable bonds is 8. The van der Waals surface area contributed by atoms with Crippen LogP contribution in [0.1, 0.15) is 15.9 Å². The predicted octanol–water partition coefficient (Wildman–Crippen LogP) is 2.02. The smallest absolute Gasteiger partial charge is 0.251 e. The topological polar surface area (TPSA) is 89.6 Å². The van der Waals surface area contributed by atoms with Gasteiger partial charge in [-0.2, -0.15) is 0 Å². The Morgan fingerprint density at radius 2 is 1.74 bits per heavy atom. The van der Waals surface area contributed by atoms with Gasteiger partial charge in [-0.25, -0.2) is 0 Å². The van der Waals surface area contributed by atoms with Crippen molar-refractivity contribution in [1.29, 1.82) is 0 Å². The van der Waals surface area contributed by atoms with Crippen LogP contribution in [-0.2, 0) is 4.79 Å². The molecule has 2 aliphatic rings. The molecule has 2 aliphatic heterocycles. The van der Waals surface area contributed by atoms with E-state index >= 15 is 0 Å². The molecule has 1 saturated heterocycles. The van der Waals surface area contributed by atoms with Crippen LogP contribution in [0, 0.1) is 0 Å². The number of nitrogens with one attached hydrogen (secondary N) is 1. The highest BCUT2D eigenvalue weighted by Gasteiger charge is 2.20. The third kappa shape index (κ3) is 5.60. The summed E-state index contributed by atoms with van der Waals surface area (Å²) >= 11 is 0. The van der Waals surface area contributed by atoms with Crippen molar-refractivity contribution in [2.75, 3.05) is 60.3 Å². The third-order valence-electron chi connectivity index (χ3n) is 5.86. The SMILES string of the molecule is COc1ccc(/C=C/C(=O)N2CCN(CCNC(=O)c3ccc4c(c3)OCO4)CC2)cc1OC. The Bertz CT molecular complexity index is 1060. The van der Waals surface area contributed by atoms with Gasteiger partial charge in [0, 0.05) is 50.9 Å². The molecule has 0 atom stereocenters. The lowest BCUT2D eigenvalue weighted by molar-refractivity contribution is -0.127. The van der Waals surface area contributed by atoms with Gasteiger partial charge in [0.15, 0.2) is 23.0 Å². The molecule has 0 radical (unpaired) electrons. The number of hydrogen-bond acceptors (Lipinski definition) is 7. The highest BCUT2D eigenvalue weighted by atomic mass is 16.7. The number of hydrogen-bond donors (Lipinski definition) is 1. The molecule has 0 spiro atoms. The van der Waals surface area contributed by atoms with Gasteiger partial charge in [-0.3, -0.25) is 14.5 Å². The number of ether oxygens (including phenoxy) is 4. The highest BCUT2D eigenvalue weighted by molar-refractivity contribution is 5.95. The van der Waals surface area contributed by atoms with Crippen molar-refractivity contribution < 1.29 is 28.5 Å². The largest absolute Gasteiger partial charge is 0.493 e. The molecule has 0 aliphatic carbocycles. The Labute approximate surface area is 198 Å². The van der Waals surface area contributed by atoms with Crippen LogP contribution in [0.25, 0.3) is 6.08 Å². The molecule has 0 unspecified atom stereocenters. The summed E-state index contributed by atoms with van der Waals surface area (Å²) in [7, 11) is 3.17. The van der Waals surface area contributed by atoms with E-state index in [1.54, 1.807) is 44.6 Å². The number of carbonyl (C=O) groups is 2. The first-order valence-corrected chi connectivity index (χ1v) is 11.2. The second-order valence-corrected chi connectivity index (χ2v) is 7.94. The molecule has 9 heteroatoms. The van der Waals surface area contributed by atoms with Crippen molar-refractivity contribution in [2.24, 2.45) is 0 Å². The molecule has 2 aromatic rings. The van der Waals surface area contributed by atoms with Crippen molar-refractivity contribution >= 4 is 17.9 Å². The van der Waals surface area contributed by atoms with E-state index in [4.69, 9.17) is 18.9 Å². The summed E-state index contributed by atoms with van der Waals surface area (Å²) in [6, 6.07) is 10.7. The molecular formula is C25H29N3O6. The minimum Gasteiger partial charge on any atom is -0.493 e. The van der Waals surface area contributed by atoms with Crippen molar-refractivity contribution in [2.45, 2.75) is 0 Å². The average Bonchev–Trinajstić information content (AvgIpc) is 3.35. The second kappa shape index (κ2) is 10.9. The summed E-state index contributed by atoms with van der Waals surface area (Å²) < 4.78 is 21.1. The van der Waals surface area contributed by atoms with Crippen molar-refractivity contribution in [3.8, 4) is 23.0 Å². The predicted molar refractivity (Wildman–Crippen MR) is 126 cm³/mol. The summed E-state index contributed by atoms with van der Waals surface area (Å²) in [5.74, 6) is 2.35. The summed E-state index contributed by atoms with van der Waals surface area (Å²) in [4.78, 5) is 29.0. The first kappa shape index (κ1) is 23.4. The molecule has 0 saturated carbocycles. The fourth-order valence-electron chi connectivity index (χ4n) is 3.89. The quantitative estimate of drug-likeness (QED) is 0.594. The zero-order valence-electron chi connectivity index (χ0n) is 19.4. The standard InChI is InChI=1S/C25H29N3O6/c1-31-20-6-3-18(15-22(20)32-2)4-8-24(29)28-13-11-27(12-14-28)10-9-26-25(30)19-5-7-21-23(16-19)34-17-33-21/h3-8,15-16H,9-14,17H2,1-2H3,(H,26,30)/b8-4+. The van der Waals surface area contributed by atoms with Crippen LogP contribution in [0.5, 0.6) is 23.0 Å². The number of carbonyl (C=O) groups excluding carboxylic acids is 2. The molecule has 2 heterocycles. The molecule has 0 bridgehead atoms. The van der Waals surface area contributed by atoms with Gasteiger partial charge in [0.2, 0.25) is 12.7 Å². The average molecular weight is 468 g/mol. The summed E-state index contributed by atoms with van der Waals surface area (Å²) in [6.07, 6.45) is 3.37. The number of amides is 2. The Kier molecular flexibility index (Phi) is 7.54. The van der Waals surface area contributed by atoms with E-state index in [2.05, 4.69) is 10.2 Å². The van der Waals surface area contributed by atoms with Crippen molar-refractivity contribution in [1.82, 2.24) is 15.1 Å². The molecule has 34 heavy (non-hydrogen) atoms. The minimum absolute atomic E-state index is 0.0226. The van der Waals surface area contributed by atoms with Crippen molar-refractivity contribution in [3.05, 3.63) is 53.6 Å². The maximum atomic E-state index is 12.6. The van der Waals surface area contributed by atoms with Gasteiger partial charge in [0.25, 0.3) is 5.91 Å². The maximum absolute atomic E-state index is 12.6. The van der Waals surface area contributed by atoms with Gasteiger partial charge in [0.1, 0.15) is 0 Å². The van der Waals surface area contributed by atoms with Crippen LogP contribution in [-0.4, -0.2) is 81.9 Å². The summed E-state index contributed by atoms with van der Waals surface area (Å²) in [5, 5.41) is 2.94. The molecule has 180 valence electrons. The van der Waals surface area contributed by atoms with Crippen LogP contribution < -0.4 is 24.3 Å². The first-order valence-electron chi connectivity index (χ1n) is 11.2. The third-order valence-corrected chi connectivity index (χ3v) is 5.86. The molecule has 4 rings (SSSR count). The number of benzene rings is 2. The van der Waals surface area contributed by atoms with E-state index in [0.29, 0.717) is 48.2 Å². The number of methoxy groups -OCH3 is 2. The lowest BCUT2D eigenvalue weighted by atomic mass is 10.2. The van der Waals surface area contributed by atoms with Gasteiger partial charge in [0.05, 0.1) is 14.2 Å². The molecule has 2 aromatic carbocycles. The minimum atomic E-state index is -0.146. The van der Waals surface area contributed by atoms with Crippen LogP contribution >= 0.6 is 0 Å². The molecular weight excluding hydrogens is 438 g/mol. The lowest BCUT2D eigenvalue weighted by Crippen LogP contribution is -2.49. The van der Waals surface area contributed by atoms with Crippen LogP contribution in [0.15, 0.2) is 42.5 Å². The van der Waals surface area contributed by atoms with Gasteiger partial charge in [-0.15, -0.1) is 0 Å². The number of piperazine rings is 1. The fraction of sp³-hybridized carbons (Fsp3) is 0.360. The maximum Gasteiger partial charge on any atom is 0.251 e. The zero-order chi connectivity index (χ0) is 23.9. The Morgan fingerprint density at radius 3 is 2.50 bits per heavy atom. The molecule has 1 N–H and O–H groups in total. The fourth-order valence-corrected chi connectivity index (χ4v) is 3.89. The second-order valence-electron chi connectivity index (χ2n) is 7.94. The van der Waals surface area contributed by atoms with Crippen molar-refractivity contribution in [3.63, 3.8) is 0 Å². The molecule has 2 amide bonds. The lowest BCUT2D eigenvalue weighted by Gasteiger charge is -2.34. The van der Waals surface area contributed by atoms with E-state index in [1.807, 2.05) is 23.1 Å². The van der Waals surface area contributed by atoms with E-state index in [-0.39, 0.29) is 18.6 Å². The Balaban J connectivity index is 1.19. The van der Waals surface area contributed by atoms with Crippen LogP contribution in [0.3, 0.4) is 0 Å². The summed E-state index contributed by atoms with van der Waals surface area (Å²) in [5.41, 5.74) is 1.41. The van der Waals surface area contributed by atoms with Gasteiger partial charge in [-0.05, 0) is 42.0 Å². The van der Waals surface area contributed by atoms with Gasteiger partial charge in [-0.1, -0.05) is 6.07 Å². The Hall–Kier alpha value is -3.72. The monoisotopic (exact) mass is 467 g/mol. The normalized spacial score (nSPS) is 15.4. The Morgan fingerprint density at radius 1 is 0.971 bits per heavy atom. The first-order chi connectivity index (χ1) is 16.6. The molecule has 9 nitrogen and oxygen atoms in total. The highest BCUT2D eigenvalue weighted by Crippen LogP contribution is 2.32. The van der Waals surface area contributed by atoms with E-state index < -0.39 is 0 Å². The van der Waals surface area contributed by atoms with E-state index in [9.17, 15) is 9.59 Å². The number of nitrogens with zero attached hydrogens (tertiary/aromatic N) is 2. The molecule has 1 fully saturated rings. The van der Waals surface area contributed by atoms with Crippen LogP contribution in [0.2, 0.25) is 0 Å². The van der Waals surface area contributed by atoms with E-state index in [0.717, 1.165) is 25.2 Å². The zero-order valence-corrected chi connectivity index (χ0v) is 19.4.